The second-order valence-electron chi connectivity index (χ2n) is 5.11. The van der Waals surface area contributed by atoms with E-state index in [2.05, 4.69) is 5.32 Å². The summed E-state index contributed by atoms with van der Waals surface area (Å²) >= 11 is 0. The number of hydrogen-bond donors (Lipinski definition) is 1. The zero-order chi connectivity index (χ0) is 16.7. The van der Waals surface area contributed by atoms with Gasteiger partial charge in [0.2, 0.25) is 5.91 Å². The molecule has 1 aromatic rings. The number of nitrogens with one attached hydrogen (secondary N) is 1. The van der Waals surface area contributed by atoms with Gasteiger partial charge in [-0.2, -0.15) is 0 Å². The third-order valence-electron chi connectivity index (χ3n) is 3.43. The van der Waals surface area contributed by atoms with Gasteiger partial charge in [-0.15, -0.1) is 0 Å². The maximum Gasteiger partial charge on any atom is 0.408 e. The van der Waals surface area contributed by atoms with E-state index in [0.29, 0.717) is 13.0 Å². The van der Waals surface area contributed by atoms with Gasteiger partial charge in [-0.05, 0) is 18.9 Å². The van der Waals surface area contributed by atoms with Crippen LogP contribution in [0.1, 0.15) is 18.9 Å². The minimum atomic E-state index is -0.660. The smallest absolute Gasteiger partial charge is 0.408 e. The van der Waals surface area contributed by atoms with Crippen molar-refractivity contribution < 1.29 is 23.9 Å². The summed E-state index contributed by atoms with van der Waals surface area (Å²) in [5, 5.41) is 2.53. The molecule has 0 aromatic heterocycles. The summed E-state index contributed by atoms with van der Waals surface area (Å²) < 4.78 is 9.89. The molecule has 0 saturated carbocycles. The van der Waals surface area contributed by atoms with Gasteiger partial charge in [0.1, 0.15) is 19.2 Å². The van der Waals surface area contributed by atoms with Gasteiger partial charge in [0, 0.05) is 6.54 Å². The number of likely N-dealkylation sites (tertiary alicyclic amines) is 1. The zero-order valence-electron chi connectivity index (χ0n) is 13.0. The number of ether oxygens (including phenoxy) is 2. The van der Waals surface area contributed by atoms with Crippen molar-refractivity contribution >= 4 is 18.0 Å². The van der Waals surface area contributed by atoms with Crippen LogP contribution in [0.3, 0.4) is 0 Å². The highest BCUT2D eigenvalue weighted by Crippen LogP contribution is 2.11. The monoisotopic (exact) mass is 320 g/mol. The molecule has 2 rings (SSSR count). The zero-order valence-corrected chi connectivity index (χ0v) is 13.0. The van der Waals surface area contributed by atoms with Gasteiger partial charge in [0.25, 0.3) is 0 Å². The van der Waals surface area contributed by atoms with Crippen molar-refractivity contribution in [2.45, 2.75) is 26.0 Å². The van der Waals surface area contributed by atoms with E-state index in [0.717, 1.165) is 5.56 Å². The van der Waals surface area contributed by atoms with Crippen molar-refractivity contribution in [2.75, 3.05) is 19.7 Å². The molecular formula is C16H20N2O5. The third kappa shape index (κ3) is 4.98. The van der Waals surface area contributed by atoms with Crippen molar-refractivity contribution in [1.29, 1.82) is 0 Å². The fourth-order valence-corrected chi connectivity index (χ4v) is 2.30. The Morgan fingerprint density at radius 1 is 1.26 bits per heavy atom. The SMILES string of the molecule is CCOC(=O)CN1CC[C@@H](NC(=O)OCc2ccccc2)C1=O. The molecule has 2 amide bonds. The van der Waals surface area contributed by atoms with Crippen LogP contribution in [-0.4, -0.2) is 48.6 Å². The third-order valence-corrected chi connectivity index (χ3v) is 3.43. The Hall–Kier alpha value is -2.57. The average molecular weight is 320 g/mol. The molecule has 7 nitrogen and oxygen atoms in total. The molecule has 1 aliphatic heterocycles. The summed E-state index contributed by atoms with van der Waals surface area (Å²) in [6.45, 7) is 2.43. The topological polar surface area (TPSA) is 84.9 Å². The quantitative estimate of drug-likeness (QED) is 0.793. The predicted molar refractivity (Wildman–Crippen MR) is 81.4 cm³/mol. The van der Waals surface area contributed by atoms with Crippen molar-refractivity contribution in [3.63, 3.8) is 0 Å². The Morgan fingerprint density at radius 2 is 2.00 bits per heavy atom. The number of alkyl carbamates (subject to hydrolysis) is 1. The average Bonchev–Trinajstić information content (AvgIpc) is 2.87. The Balaban J connectivity index is 1.76. The van der Waals surface area contributed by atoms with E-state index >= 15 is 0 Å². The van der Waals surface area contributed by atoms with Gasteiger partial charge in [-0.25, -0.2) is 4.79 Å². The Labute approximate surface area is 134 Å². The van der Waals surface area contributed by atoms with Crippen molar-refractivity contribution in [1.82, 2.24) is 10.2 Å². The molecule has 7 heteroatoms. The first-order valence-electron chi connectivity index (χ1n) is 7.51. The lowest BCUT2D eigenvalue weighted by molar-refractivity contribution is -0.147. The first-order valence-corrected chi connectivity index (χ1v) is 7.51. The summed E-state index contributed by atoms with van der Waals surface area (Å²) in [6, 6.07) is 8.60. The number of nitrogens with zero attached hydrogens (tertiary/aromatic N) is 1. The Bertz CT molecular complexity index is 561. The molecule has 1 heterocycles. The van der Waals surface area contributed by atoms with Gasteiger partial charge in [0.15, 0.2) is 0 Å². The standard InChI is InChI=1S/C16H20N2O5/c1-2-22-14(19)10-18-9-8-13(15(18)20)17-16(21)23-11-12-6-4-3-5-7-12/h3-7,13H,2,8-11H2,1H3,(H,17,21)/t13-/m1/s1. The lowest BCUT2D eigenvalue weighted by atomic mass is 10.2. The molecule has 0 aliphatic carbocycles. The van der Waals surface area contributed by atoms with Gasteiger partial charge in [-0.3, -0.25) is 9.59 Å². The van der Waals surface area contributed by atoms with Crippen molar-refractivity contribution in [2.24, 2.45) is 0 Å². The second-order valence-corrected chi connectivity index (χ2v) is 5.11. The fraction of sp³-hybridized carbons (Fsp3) is 0.438. The van der Waals surface area contributed by atoms with Crippen LogP contribution in [-0.2, 0) is 25.7 Å². The molecular weight excluding hydrogens is 300 g/mol. The highest BCUT2D eigenvalue weighted by atomic mass is 16.5. The Kier molecular flexibility index (Phi) is 5.96. The van der Waals surface area contributed by atoms with Gasteiger partial charge in [0.05, 0.1) is 6.61 Å². The molecule has 124 valence electrons. The maximum atomic E-state index is 12.1. The lowest BCUT2D eigenvalue weighted by Crippen LogP contribution is -2.43. The maximum absolute atomic E-state index is 12.1. The molecule has 0 bridgehead atoms. The van der Waals surface area contributed by atoms with Crippen LogP contribution in [0.5, 0.6) is 0 Å². The van der Waals surface area contributed by atoms with Gasteiger partial charge >= 0.3 is 12.1 Å². The second kappa shape index (κ2) is 8.17. The minimum Gasteiger partial charge on any atom is -0.465 e. The first-order chi connectivity index (χ1) is 11.1. The van der Waals surface area contributed by atoms with Crippen LogP contribution in [0.25, 0.3) is 0 Å². The summed E-state index contributed by atoms with van der Waals surface area (Å²) in [6.07, 6.45) is -0.205. The highest BCUT2D eigenvalue weighted by Gasteiger charge is 2.34. The normalized spacial score (nSPS) is 17.0. The number of amides is 2. The molecule has 1 aliphatic rings. The van der Waals surface area contributed by atoms with Crippen LogP contribution in [0.15, 0.2) is 30.3 Å². The van der Waals surface area contributed by atoms with Crippen LogP contribution >= 0.6 is 0 Å². The number of benzene rings is 1. The van der Waals surface area contributed by atoms with Crippen LogP contribution in [0.4, 0.5) is 4.79 Å². The van der Waals surface area contributed by atoms with Crippen molar-refractivity contribution in [3.8, 4) is 0 Å². The number of rotatable bonds is 6. The fourth-order valence-electron chi connectivity index (χ4n) is 2.30. The number of hydrogen-bond acceptors (Lipinski definition) is 5. The number of esters is 1. The van der Waals surface area contributed by atoms with E-state index in [4.69, 9.17) is 9.47 Å². The Morgan fingerprint density at radius 3 is 2.70 bits per heavy atom. The molecule has 23 heavy (non-hydrogen) atoms. The molecule has 1 aromatic carbocycles. The first kappa shape index (κ1) is 16.8. The minimum absolute atomic E-state index is 0.0933. The predicted octanol–water partition coefficient (Wildman–Crippen LogP) is 1.08. The van der Waals surface area contributed by atoms with Crippen molar-refractivity contribution in [3.05, 3.63) is 35.9 Å². The van der Waals surface area contributed by atoms with Gasteiger partial charge < -0.3 is 19.7 Å². The molecule has 1 saturated heterocycles. The lowest BCUT2D eigenvalue weighted by Gasteiger charge is -2.16. The highest BCUT2D eigenvalue weighted by molar-refractivity contribution is 5.90. The summed E-state index contributed by atoms with van der Waals surface area (Å²) in [4.78, 5) is 36.6. The van der Waals surface area contributed by atoms with Gasteiger partial charge in [-0.1, -0.05) is 30.3 Å². The molecule has 1 fully saturated rings. The van der Waals surface area contributed by atoms with Crippen LogP contribution in [0, 0.1) is 0 Å². The molecule has 0 radical (unpaired) electrons. The van der Waals surface area contributed by atoms with Crippen LogP contribution < -0.4 is 5.32 Å². The van der Waals surface area contributed by atoms with E-state index in [-0.39, 0.29) is 25.7 Å². The van der Waals surface area contributed by atoms with E-state index in [1.54, 1.807) is 6.92 Å². The number of carbonyl (C=O) groups is 3. The molecule has 1 atom stereocenters. The van der Waals surface area contributed by atoms with Crippen LogP contribution in [0.2, 0.25) is 0 Å². The van der Waals surface area contributed by atoms with E-state index in [1.807, 2.05) is 30.3 Å². The summed E-state index contributed by atoms with van der Waals surface area (Å²) in [7, 11) is 0. The molecule has 1 N–H and O–H groups in total. The summed E-state index contributed by atoms with van der Waals surface area (Å²) in [5.74, 6) is -0.747. The molecule has 0 spiro atoms. The van der Waals surface area contributed by atoms with E-state index < -0.39 is 18.1 Å². The molecule has 0 unspecified atom stereocenters. The van der Waals surface area contributed by atoms with E-state index in [1.165, 1.54) is 4.90 Å². The van der Waals surface area contributed by atoms with E-state index in [9.17, 15) is 14.4 Å². The summed E-state index contributed by atoms with van der Waals surface area (Å²) in [5.41, 5.74) is 0.865. The number of carbonyl (C=O) groups excluding carboxylic acids is 3. The largest absolute Gasteiger partial charge is 0.465 e.